The molecule has 0 unspecified atom stereocenters. The number of hydrogen-bond donors (Lipinski definition) is 0. The Balaban J connectivity index is 2.60. The molecule has 6 heteroatoms. The van der Waals surface area contributed by atoms with Gasteiger partial charge in [0.05, 0.1) is 29.4 Å². The van der Waals surface area contributed by atoms with Crippen LogP contribution in [0.25, 0.3) is 11.3 Å². The summed E-state index contributed by atoms with van der Waals surface area (Å²) < 4.78 is 17.9. The summed E-state index contributed by atoms with van der Waals surface area (Å²) in [4.78, 5) is 14.1. The van der Waals surface area contributed by atoms with Gasteiger partial charge in [0.1, 0.15) is 5.75 Å². The van der Waals surface area contributed by atoms with Crippen LogP contribution in [0.15, 0.2) is 36.4 Å². The highest BCUT2D eigenvalue weighted by molar-refractivity contribution is 5.71. The molecule has 2 aromatic rings. The first-order chi connectivity index (χ1) is 8.61. The van der Waals surface area contributed by atoms with Gasteiger partial charge >= 0.3 is 0 Å². The fraction of sp³-hybridized carbons (Fsp3) is 0.0833. The molecule has 1 aromatic carbocycles. The SMILES string of the molecule is COc1ccc(-c2cccc(F)n2)c([N+](=O)[O-])c1. The molecule has 0 N–H and O–H groups in total. The van der Waals surface area contributed by atoms with Crippen molar-refractivity contribution in [3.63, 3.8) is 0 Å². The number of aromatic nitrogens is 1. The van der Waals surface area contributed by atoms with Crippen LogP contribution in [0, 0.1) is 16.1 Å². The quantitative estimate of drug-likeness (QED) is 0.476. The summed E-state index contributed by atoms with van der Waals surface area (Å²) in [5.41, 5.74) is 0.289. The number of methoxy groups -OCH3 is 1. The van der Waals surface area contributed by atoms with Gasteiger partial charge in [0.25, 0.3) is 5.69 Å². The van der Waals surface area contributed by atoms with E-state index < -0.39 is 10.9 Å². The second-order valence-corrected chi connectivity index (χ2v) is 3.49. The topological polar surface area (TPSA) is 65.3 Å². The minimum atomic E-state index is -0.683. The molecule has 1 aromatic heterocycles. The van der Waals surface area contributed by atoms with E-state index in [1.54, 1.807) is 6.07 Å². The number of rotatable bonds is 3. The molecule has 0 atom stereocenters. The monoisotopic (exact) mass is 248 g/mol. The van der Waals surface area contributed by atoms with E-state index >= 15 is 0 Å². The molecule has 1 heterocycles. The first kappa shape index (κ1) is 12.0. The molecule has 0 saturated carbocycles. The lowest BCUT2D eigenvalue weighted by Gasteiger charge is -2.05. The second-order valence-electron chi connectivity index (χ2n) is 3.49. The van der Waals surface area contributed by atoms with Gasteiger partial charge in [0.15, 0.2) is 0 Å². The molecule has 0 fully saturated rings. The zero-order chi connectivity index (χ0) is 13.1. The van der Waals surface area contributed by atoms with Crippen LogP contribution in [-0.4, -0.2) is 17.0 Å². The number of ether oxygens (including phenoxy) is 1. The fourth-order valence-corrected chi connectivity index (χ4v) is 1.56. The first-order valence-electron chi connectivity index (χ1n) is 5.07. The molecule has 92 valence electrons. The van der Waals surface area contributed by atoms with Crippen LogP contribution >= 0.6 is 0 Å². The van der Waals surface area contributed by atoms with Gasteiger partial charge in [0, 0.05) is 0 Å². The lowest BCUT2D eigenvalue weighted by atomic mass is 10.1. The van der Waals surface area contributed by atoms with E-state index in [-0.39, 0.29) is 16.9 Å². The molecular formula is C12H9FN2O3. The van der Waals surface area contributed by atoms with Crippen LogP contribution in [0.5, 0.6) is 5.75 Å². The summed E-state index contributed by atoms with van der Waals surface area (Å²) in [5, 5.41) is 11.0. The molecule has 18 heavy (non-hydrogen) atoms. The molecule has 0 aliphatic carbocycles. The van der Waals surface area contributed by atoms with Crippen molar-refractivity contribution in [3.05, 3.63) is 52.5 Å². The number of nitrogens with zero attached hydrogens (tertiary/aromatic N) is 2. The van der Waals surface area contributed by atoms with Crippen LogP contribution in [0.2, 0.25) is 0 Å². The normalized spacial score (nSPS) is 10.1. The number of nitro benzene ring substituents is 1. The maximum Gasteiger partial charge on any atom is 0.282 e. The van der Waals surface area contributed by atoms with E-state index in [4.69, 9.17) is 4.74 Å². The second kappa shape index (κ2) is 4.79. The molecule has 0 saturated heterocycles. The third-order valence-corrected chi connectivity index (χ3v) is 2.39. The minimum Gasteiger partial charge on any atom is -0.497 e. The van der Waals surface area contributed by atoms with Gasteiger partial charge < -0.3 is 4.74 Å². The molecule has 2 rings (SSSR count). The Morgan fingerprint density at radius 3 is 2.72 bits per heavy atom. The van der Waals surface area contributed by atoms with Crippen molar-refractivity contribution in [2.24, 2.45) is 0 Å². The van der Waals surface area contributed by atoms with Gasteiger partial charge in [-0.25, -0.2) is 4.98 Å². The summed E-state index contributed by atoms with van der Waals surface area (Å²) in [6.07, 6.45) is 0. The summed E-state index contributed by atoms with van der Waals surface area (Å²) in [6, 6.07) is 8.47. The van der Waals surface area contributed by atoms with E-state index in [9.17, 15) is 14.5 Å². The van der Waals surface area contributed by atoms with Crippen molar-refractivity contribution in [1.29, 1.82) is 0 Å². The highest BCUT2D eigenvalue weighted by Crippen LogP contribution is 2.31. The number of hydrogen-bond acceptors (Lipinski definition) is 4. The van der Waals surface area contributed by atoms with Crippen molar-refractivity contribution in [3.8, 4) is 17.0 Å². The predicted octanol–water partition coefficient (Wildman–Crippen LogP) is 2.80. The smallest absolute Gasteiger partial charge is 0.282 e. The van der Waals surface area contributed by atoms with Gasteiger partial charge in [-0.3, -0.25) is 10.1 Å². The van der Waals surface area contributed by atoms with E-state index in [1.807, 2.05) is 0 Å². The van der Waals surface area contributed by atoms with Crippen LogP contribution < -0.4 is 4.74 Å². The number of halogens is 1. The Bertz CT molecular complexity index is 602. The first-order valence-corrected chi connectivity index (χ1v) is 5.07. The van der Waals surface area contributed by atoms with E-state index in [1.165, 1.54) is 37.4 Å². The molecule has 0 aliphatic heterocycles. The van der Waals surface area contributed by atoms with Crippen molar-refractivity contribution >= 4 is 5.69 Å². The minimum absolute atomic E-state index is 0.174. The molecule has 0 amide bonds. The maximum atomic E-state index is 13.0. The van der Waals surface area contributed by atoms with Crippen LogP contribution in [-0.2, 0) is 0 Å². The Morgan fingerprint density at radius 1 is 1.33 bits per heavy atom. The summed E-state index contributed by atoms with van der Waals surface area (Å²) in [5.74, 6) is -0.320. The largest absolute Gasteiger partial charge is 0.497 e. The predicted molar refractivity (Wildman–Crippen MR) is 62.8 cm³/mol. The third kappa shape index (κ3) is 2.27. The lowest BCUT2D eigenvalue weighted by Crippen LogP contribution is -1.95. The highest BCUT2D eigenvalue weighted by atomic mass is 19.1. The van der Waals surface area contributed by atoms with Crippen LogP contribution in [0.4, 0.5) is 10.1 Å². The van der Waals surface area contributed by atoms with E-state index in [0.29, 0.717) is 5.75 Å². The summed E-state index contributed by atoms with van der Waals surface area (Å²) in [6.45, 7) is 0. The Labute approximate surface area is 102 Å². The average Bonchev–Trinajstić information content (AvgIpc) is 2.38. The molecule has 0 aliphatic rings. The van der Waals surface area contributed by atoms with Crippen molar-refractivity contribution < 1.29 is 14.1 Å². The lowest BCUT2D eigenvalue weighted by molar-refractivity contribution is -0.384. The van der Waals surface area contributed by atoms with Crippen LogP contribution in [0.1, 0.15) is 0 Å². The number of nitro groups is 1. The van der Waals surface area contributed by atoms with Crippen LogP contribution in [0.3, 0.4) is 0 Å². The van der Waals surface area contributed by atoms with Gasteiger partial charge in [-0.15, -0.1) is 0 Å². The van der Waals surface area contributed by atoms with E-state index in [2.05, 4.69) is 4.98 Å². The molecular weight excluding hydrogens is 239 g/mol. The number of pyridine rings is 1. The average molecular weight is 248 g/mol. The molecule has 5 nitrogen and oxygen atoms in total. The Hall–Kier alpha value is -2.50. The van der Waals surface area contributed by atoms with Crippen molar-refractivity contribution in [2.45, 2.75) is 0 Å². The highest BCUT2D eigenvalue weighted by Gasteiger charge is 2.17. The van der Waals surface area contributed by atoms with Gasteiger partial charge in [-0.05, 0) is 24.3 Å². The third-order valence-electron chi connectivity index (χ3n) is 2.39. The number of benzene rings is 1. The Morgan fingerprint density at radius 2 is 2.11 bits per heavy atom. The molecule has 0 spiro atoms. The summed E-state index contributed by atoms with van der Waals surface area (Å²) >= 11 is 0. The Kier molecular flexibility index (Phi) is 3.18. The maximum absolute atomic E-state index is 13.0. The molecule has 0 radical (unpaired) electrons. The fourth-order valence-electron chi connectivity index (χ4n) is 1.56. The van der Waals surface area contributed by atoms with Gasteiger partial charge in [-0.2, -0.15) is 4.39 Å². The zero-order valence-corrected chi connectivity index (χ0v) is 9.46. The standard InChI is InChI=1S/C12H9FN2O3/c1-18-8-5-6-9(11(7-8)15(16)17)10-3-2-4-12(13)14-10/h2-7H,1H3. The zero-order valence-electron chi connectivity index (χ0n) is 9.46. The van der Waals surface area contributed by atoms with Gasteiger partial charge in [-0.1, -0.05) is 6.07 Å². The summed E-state index contributed by atoms with van der Waals surface area (Å²) in [7, 11) is 1.42. The van der Waals surface area contributed by atoms with Crippen molar-refractivity contribution in [2.75, 3.05) is 7.11 Å². The molecule has 0 bridgehead atoms. The van der Waals surface area contributed by atoms with Gasteiger partial charge in [0.2, 0.25) is 5.95 Å². The van der Waals surface area contributed by atoms with E-state index in [0.717, 1.165) is 0 Å². The van der Waals surface area contributed by atoms with Crippen molar-refractivity contribution in [1.82, 2.24) is 4.98 Å².